The van der Waals surface area contributed by atoms with E-state index in [4.69, 9.17) is 4.74 Å². The smallest absolute Gasteiger partial charge is 0.446 e. The summed E-state index contributed by atoms with van der Waals surface area (Å²) in [6, 6.07) is 11.1. The summed E-state index contributed by atoms with van der Waals surface area (Å²) in [5.41, 5.74) is -2.75. The number of pyridine rings is 1. The van der Waals surface area contributed by atoms with Gasteiger partial charge in [-0.3, -0.25) is 9.78 Å². The first-order chi connectivity index (χ1) is 15.2. The second-order valence-corrected chi connectivity index (χ2v) is 8.27. The van der Waals surface area contributed by atoms with Gasteiger partial charge in [0.2, 0.25) is 0 Å². The molecule has 1 saturated heterocycles. The first-order valence-electron chi connectivity index (χ1n) is 9.60. The Morgan fingerprint density at radius 3 is 2.47 bits per heavy atom. The number of hydrogen-bond acceptors (Lipinski definition) is 5. The van der Waals surface area contributed by atoms with E-state index in [0.29, 0.717) is 11.3 Å². The van der Waals surface area contributed by atoms with E-state index in [-0.39, 0.29) is 28.9 Å². The lowest BCUT2D eigenvalue weighted by Crippen LogP contribution is -2.33. The molecule has 1 aromatic heterocycles. The number of rotatable bonds is 5. The molecule has 3 aromatic rings. The lowest BCUT2D eigenvalue weighted by Gasteiger charge is -2.20. The van der Waals surface area contributed by atoms with Crippen LogP contribution in [-0.4, -0.2) is 40.5 Å². The number of aromatic nitrogens is 1. The van der Waals surface area contributed by atoms with Crippen LogP contribution in [0.2, 0.25) is 0 Å². The number of amides is 3. The molecule has 1 atom stereocenters. The van der Waals surface area contributed by atoms with Crippen LogP contribution in [0.25, 0.3) is 10.9 Å². The molecule has 166 valence electrons. The maximum absolute atomic E-state index is 13.1. The highest BCUT2D eigenvalue weighted by Gasteiger charge is 2.43. The highest BCUT2D eigenvalue weighted by molar-refractivity contribution is 8.00. The van der Waals surface area contributed by atoms with Crippen LogP contribution in [-0.2, 0) is 11.3 Å². The van der Waals surface area contributed by atoms with E-state index < -0.39 is 23.5 Å². The number of anilines is 1. The Morgan fingerprint density at radius 2 is 1.81 bits per heavy atom. The highest BCUT2D eigenvalue weighted by Crippen LogP contribution is 2.38. The largest absolute Gasteiger partial charge is 0.494 e. The number of benzene rings is 2. The molecule has 0 radical (unpaired) electrons. The lowest BCUT2D eigenvalue weighted by molar-refractivity contribution is -0.119. The summed E-state index contributed by atoms with van der Waals surface area (Å²) in [4.78, 5) is 32.7. The molecular weight excluding hydrogens is 443 g/mol. The van der Waals surface area contributed by atoms with Crippen LogP contribution in [0.15, 0.2) is 59.6 Å². The quantitative estimate of drug-likeness (QED) is 0.386. The van der Waals surface area contributed by atoms with Gasteiger partial charge in [-0.25, -0.2) is 9.69 Å². The zero-order chi connectivity index (χ0) is 23.0. The Morgan fingerprint density at radius 1 is 1.09 bits per heavy atom. The summed E-state index contributed by atoms with van der Waals surface area (Å²) in [5.74, 6) is 0.154. The van der Waals surface area contributed by atoms with Crippen molar-refractivity contribution in [2.45, 2.75) is 29.9 Å². The monoisotopic (exact) mass is 461 g/mol. The Balaban J connectivity index is 1.61. The number of ether oxygens (including phenoxy) is 1. The minimum atomic E-state index is -4.41. The third kappa shape index (κ3) is 4.10. The number of carbonyl (C=O) groups excluding carboxylic acids is 2. The molecule has 0 bridgehead atoms. The van der Waals surface area contributed by atoms with Crippen LogP contribution in [0.4, 0.5) is 23.7 Å². The van der Waals surface area contributed by atoms with Crippen molar-refractivity contribution in [2.75, 3.05) is 12.0 Å². The molecule has 0 aliphatic carbocycles. The third-order valence-corrected chi connectivity index (χ3v) is 5.94. The van der Waals surface area contributed by atoms with Gasteiger partial charge in [0, 0.05) is 23.0 Å². The fourth-order valence-corrected chi connectivity index (χ4v) is 4.18. The van der Waals surface area contributed by atoms with E-state index in [1.807, 2.05) is 12.1 Å². The minimum absolute atomic E-state index is 0.0255. The molecule has 1 unspecified atom stereocenters. The average Bonchev–Trinajstić information content (AvgIpc) is 2.96. The molecule has 6 nitrogen and oxygen atoms in total. The fourth-order valence-electron chi connectivity index (χ4n) is 3.64. The average molecular weight is 461 g/mol. The van der Waals surface area contributed by atoms with Crippen molar-refractivity contribution in [1.29, 1.82) is 0 Å². The van der Waals surface area contributed by atoms with Gasteiger partial charge in [0.05, 0.1) is 12.8 Å². The number of nitrogens with zero attached hydrogens (tertiary/aromatic N) is 3. The maximum Gasteiger partial charge on any atom is 0.446 e. The minimum Gasteiger partial charge on any atom is -0.494 e. The van der Waals surface area contributed by atoms with Gasteiger partial charge in [-0.05, 0) is 60.6 Å². The molecule has 0 spiro atoms. The molecule has 0 saturated carbocycles. The summed E-state index contributed by atoms with van der Waals surface area (Å²) in [7, 11) is 1.55. The van der Waals surface area contributed by atoms with Crippen molar-refractivity contribution < 1.29 is 27.5 Å². The number of imide groups is 1. The van der Waals surface area contributed by atoms with Crippen LogP contribution < -0.4 is 9.64 Å². The van der Waals surface area contributed by atoms with Crippen molar-refractivity contribution in [3.8, 4) is 5.75 Å². The van der Waals surface area contributed by atoms with Gasteiger partial charge >= 0.3 is 11.5 Å². The fraction of sp³-hybridized carbons (Fsp3) is 0.227. The van der Waals surface area contributed by atoms with E-state index in [1.165, 1.54) is 29.2 Å². The van der Waals surface area contributed by atoms with Gasteiger partial charge in [-0.2, -0.15) is 13.2 Å². The van der Waals surface area contributed by atoms with Crippen molar-refractivity contribution >= 4 is 40.3 Å². The van der Waals surface area contributed by atoms with Gasteiger partial charge in [0.1, 0.15) is 17.3 Å². The molecule has 3 amide bonds. The number of halogens is 3. The van der Waals surface area contributed by atoms with Crippen LogP contribution in [0.1, 0.15) is 12.5 Å². The van der Waals surface area contributed by atoms with Crippen molar-refractivity contribution in [2.24, 2.45) is 0 Å². The Hall–Kier alpha value is -3.27. The molecule has 2 heterocycles. The van der Waals surface area contributed by atoms with E-state index in [0.717, 1.165) is 15.8 Å². The van der Waals surface area contributed by atoms with Gasteiger partial charge in [0.25, 0.3) is 5.91 Å². The first-order valence-corrected chi connectivity index (χ1v) is 10.4. The van der Waals surface area contributed by atoms with Crippen molar-refractivity contribution in [1.82, 2.24) is 9.88 Å². The van der Waals surface area contributed by atoms with Crippen molar-refractivity contribution in [3.63, 3.8) is 0 Å². The third-order valence-electron chi connectivity index (χ3n) is 5.20. The van der Waals surface area contributed by atoms with Gasteiger partial charge in [0.15, 0.2) is 0 Å². The molecule has 10 heteroatoms. The van der Waals surface area contributed by atoms with Crippen LogP contribution in [0.5, 0.6) is 5.75 Å². The number of urea groups is 1. The van der Waals surface area contributed by atoms with E-state index in [1.54, 1.807) is 32.4 Å². The number of hydrogen-bond donors (Lipinski definition) is 0. The van der Waals surface area contributed by atoms with E-state index in [9.17, 15) is 22.8 Å². The molecule has 4 rings (SSSR count). The highest BCUT2D eigenvalue weighted by atomic mass is 32.2. The zero-order valence-corrected chi connectivity index (χ0v) is 17.9. The molecule has 1 aliphatic heterocycles. The maximum atomic E-state index is 13.1. The number of fused-ring (bicyclic) bond motifs is 1. The molecular formula is C22H18F3N3O3S. The van der Waals surface area contributed by atoms with Crippen molar-refractivity contribution in [3.05, 3.63) is 60.3 Å². The van der Waals surface area contributed by atoms with Crippen LogP contribution in [0, 0.1) is 0 Å². The number of carbonyl (C=O) groups is 2. The predicted octanol–water partition coefficient (Wildman–Crippen LogP) is 5.21. The Bertz CT molecular complexity index is 1180. The summed E-state index contributed by atoms with van der Waals surface area (Å²) in [6.45, 7) is 1.79. The predicted molar refractivity (Wildman–Crippen MR) is 115 cm³/mol. The van der Waals surface area contributed by atoms with Crippen LogP contribution in [0.3, 0.4) is 0 Å². The van der Waals surface area contributed by atoms with Gasteiger partial charge in [-0.1, -0.05) is 12.1 Å². The molecule has 32 heavy (non-hydrogen) atoms. The standard InChI is InChI=1S/C22H18F3N3O3S/c1-13-20(29)28(15-6-8-16(9-7-15)32-22(23,24)25)21(30)27(13)12-14-10-11-26-19-17(14)4-3-5-18(19)31-2/h3-11,13H,12H2,1-2H3. The number of para-hydroxylation sites is 1. The summed E-state index contributed by atoms with van der Waals surface area (Å²) >= 11 is -0.254. The van der Waals surface area contributed by atoms with Gasteiger partial charge < -0.3 is 9.64 Å². The van der Waals surface area contributed by atoms with E-state index in [2.05, 4.69) is 4.98 Å². The Labute approximate surface area is 186 Å². The zero-order valence-electron chi connectivity index (χ0n) is 17.1. The van der Waals surface area contributed by atoms with Crippen LogP contribution >= 0.6 is 11.8 Å². The molecule has 1 fully saturated rings. The summed E-state index contributed by atoms with van der Waals surface area (Å²) in [6.07, 6.45) is 1.61. The molecule has 0 N–H and O–H groups in total. The van der Waals surface area contributed by atoms with E-state index >= 15 is 0 Å². The SMILES string of the molecule is COc1cccc2c(CN3C(=O)N(c4ccc(SC(F)(F)F)cc4)C(=O)C3C)ccnc12. The number of methoxy groups -OCH3 is 1. The lowest BCUT2D eigenvalue weighted by atomic mass is 10.1. The second-order valence-electron chi connectivity index (χ2n) is 7.13. The van der Waals surface area contributed by atoms with Gasteiger partial charge in [-0.15, -0.1) is 0 Å². The summed E-state index contributed by atoms with van der Waals surface area (Å²) < 4.78 is 43.0. The number of thioether (sulfide) groups is 1. The number of alkyl halides is 3. The topological polar surface area (TPSA) is 62.7 Å². The molecule has 1 aliphatic rings. The molecule has 2 aromatic carbocycles. The summed E-state index contributed by atoms with van der Waals surface area (Å²) in [5, 5.41) is 0.797. The first kappa shape index (κ1) is 21.9. The second kappa shape index (κ2) is 8.34. The Kier molecular flexibility index (Phi) is 5.72. The normalized spacial score (nSPS) is 16.8.